The largest absolute Gasteiger partial charge is 0.455 e. The zero-order chi connectivity index (χ0) is 33.7. The maximum atomic E-state index is 6.75. The van der Waals surface area contributed by atoms with Crippen LogP contribution in [0.4, 0.5) is 17.1 Å². The number of benzene rings is 8. The normalized spacial score (nSPS) is 11.5. The lowest BCUT2D eigenvalue weighted by atomic mass is 9.99. The minimum Gasteiger partial charge on any atom is -0.455 e. The molecule has 0 bridgehead atoms. The van der Waals surface area contributed by atoms with Crippen LogP contribution in [0.5, 0.6) is 0 Å². The second-order valence-corrected chi connectivity index (χ2v) is 13.9. The molecule has 0 spiro atoms. The lowest BCUT2D eigenvalue weighted by Crippen LogP contribution is -2.10. The van der Waals surface area contributed by atoms with Gasteiger partial charge in [0.25, 0.3) is 0 Å². The van der Waals surface area contributed by atoms with Crippen LogP contribution in [0.1, 0.15) is 0 Å². The van der Waals surface area contributed by atoms with E-state index in [0.29, 0.717) is 0 Å². The van der Waals surface area contributed by atoms with Crippen LogP contribution in [0.2, 0.25) is 0 Å². The fraction of sp³-hybridized carbons (Fsp3) is 0. The average Bonchev–Trinajstić information content (AvgIpc) is 3.79. The van der Waals surface area contributed by atoms with Crippen molar-refractivity contribution in [1.29, 1.82) is 0 Å². The number of rotatable bonds is 6. The van der Waals surface area contributed by atoms with Gasteiger partial charge in [-0.05, 0) is 64.2 Å². The van der Waals surface area contributed by atoms with E-state index in [2.05, 4.69) is 193 Å². The van der Waals surface area contributed by atoms with Gasteiger partial charge in [0, 0.05) is 32.1 Å². The van der Waals surface area contributed by atoms with E-state index in [-0.39, 0.29) is 0 Å². The van der Waals surface area contributed by atoms with E-state index in [1.54, 1.807) is 0 Å². The Hall–Kier alpha value is -6.42. The van der Waals surface area contributed by atoms with Crippen molar-refractivity contribution in [1.82, 2.24) is 0 Å². The van der Waals surface area contributed by atoms with Crippen LogP contribution < -0.4 is 4.90 Å². The third-order valence-electron chi connectivity index (χ3n) is 9.89. The number of anilines is 3. The van der Waals surface area contributed by atoms with Gasteiger partial charge in [-0.15, -0.1) is 11.3 Å². The molecule has 10 rings (SSSR count). The first-order valence-electron chi connectivity index (χ1n) is 17.3. The lowest BCUT2D eigenvalue weighted by molar-refractivity contribution is 0.670. The summed E-state index contributed by atoms with van der Waals surface area (Å²) in [6.45, 7) is 0. The fourth-order valence-electron chi connectivity index (χ4n) is 7.51. The maximum absolute atomic E-state index is 6.75. The number of thiophene rings is 1. The Morgan fingerprint density at radius 2 is 0.941 bits per heavy atom. The molecule has 0 atom stereocenters. The molecule has 0 fully saturated rings. The number of fused-ring (bicyclic) bond motifs is 6. The Balaban J connectivity index is 1.27. The van der Waals surface area contributed by atoms with Gasteiger partial charge < -0.3 is 9.32 Å². The predicted octanol–water partition coefficient (Wildman–Crippen LogP) is 14.4. The second-order valence-electron chi connectivity index (χ2n) is 12.9. The molecule has 0 aliphatic heterocycles. The highest BCUT2D eigenvalue weighted by Crippen LogP contribution is 2.50. The molecular formula is C48H31NOS. The summed E-state index contributed by atoms with van der Waals surface area (Å²) < 4.78 is 9.30. The van der Waals surface area contributed by atoms with Crippen molar-refractivity contribution >= 4 is 70.5 Å². The fourth-order valence-corrected chi connectivity index (χ4v) is 8.85. The van der Waals surface area contributed by atoms with Gasteiger partial charge in [-0.25, -0.2) is 0 Å². The summed E-state index contributed by atoms with van der Waals surface area (Å²) in [4.78, 5) is 2.44. The number of hydrogen-bond acceptors (Lipinski definition) is 3. The van der Waals surface area contributed by atoms with E-state index in [0.717, 1.165) is 50.1 Å². The molecule has 0 amide bonds. The Kier molecular flexibility index (Phi) is 7.04. The van der Waals surface area contributed by atoms with Gasteiger partial charge in [0.05, 0.1) is 21.5 Å². The first kappa shape index (κ1) is 29.5. The Morgan fingerprint density at radius 1 is 0.373 bits per heavy atom. The van der Waals surface area contributed by atoms with Crippen LogP contribution in [-0.4, -0.2) is 0 Å². The molecule has 2 aromatic heterocycles. The van der Waals surface area contributed by atoms with Crippen LogP contribution in [0.25, 0.3) is 75.5 Å². The van der Waals surface area contributed by atoms with Crippen molar-refractivity contribution in [3.63, 3.8) is 0 Å². The molecule has 0 saturated heterocycles. The van der Waals surface area contributed by atoms with Gasteiger partial charge in [0.2, 0.25) is 0 Å². The summed E-state index contributed by atoms with van der Waals surface area (Å²) in [5.74, 6) is 0. The molecule has 2 nitrogen and oxygen atoms in total. The number of nitrogens with zero attached hydrogens (tertiary/aromatic N) is 1. The number of furan rings is 1. The molecule has 240 valence electrons. The van der Waals surface area contributed by atoms with E-state index >= 15 is 0 Å². The van der Waals surface area contributed by atoms with E-state index in [1.807, 2.05) is 11.3 Å². The predicted molar refractivity (Wildman–Crippen MR) is 218 cm³/mol. The Labute approximate surface area is 300 Å². The van der Waals surface area contributed by atoms with Crippen LogP contribution in [0.3, 0.4) is 0 Å². The molecule has 51 heavy (non-hydrogen) atoms. The van der Waals surface area contributed by atoms with Gasteiger partial charge >= 0.3 is 0 Å². The molecule has 0 radical (unpaired) electrons. The lowest BCUT2D eigenvalue weighted by Gasteiger charge is -2.27. The third-order valence-corrected chi connectivity index (χ3v) is 11.2. The van der Waals surface area contributed by atoms with Crippen LogP contribution in [0, 0.1) is 0 Å². The second kappa shape index (κ2) is 12.2. The van der Waals surface area contributed by atoms with Crippen molar-refractivity contribution in [2.45, 2.75) is 0 Å². The topological polar surface area (TPSA) is 16.4 Å². The van der Waals surface area contributed by atoms with Gasteiger partial charge in [-0.2, -0.15) is 0 Å². The third kappa shape index (κ3) is 4.93. The average molecular weight is 670 g/mol. The molecule has 10 aromatic rings. The first-order valence-corrected chi connectivity index (χ1v) is 18.1. The standard InChI is InChI=1S/C48H31NOS/c1-4-14-32(15-5-1)33-26-28-36(29-27-33)49(42-31-30-37(34-16-6-2-7-17-34)46-45(42)41-20-10-11-25-44(41)50-46)43-24-13-23-40-39-22-12-21-38(47(39)51-48(40)43)35-18-8-3-9-19-35/h1-31H. The summed E-state index contributed by atoms with van der Waals surface area (Å²) in [6.07, 6.45) is 0. The highest BCUT2D eigenvalue weighted by molar-refractivity contribution is 7.27. The van der Waals surface area contributed by atoms with Gasteiger partial charge in [-0.3, -0.25) is 0 Å². The molecular weight excluding hydrogens is 639 g/mol. The SMILES string of the molecule is c1ccc(-c2ccc(N(c3cccc4c3sc3c(-c5ccccc5)cccc34)c3ccc(-c4ccccc4)c4oc5ccccc5c34)cc2)cc1. The van der Waals surface area contributed by atoms with E-state index < -0.39 is 0 Å². The van der Waals surface area contributed by atoms with Crippen molar-refractivity contribution in [2.24, 2.45) is 0 Å². The maximum Gasteiger partial charge on any atom is 0.145 e. The van der Waals surface area contributed by atoms with Crippen molar-refractivity contribution in [2.75, 3.05) is 4.90 Å². The highest BCUT2D eigenvalue weighted by Gasteiger charge is 2.24. The molecule has 0 unspecified atom stereocenters. The highest BCUT2D eigenvalue weighted by atomic mass is 32.1. The molecule has 0 N–H and O–H groups in total. The zero-order valence-corrected chi connectivity index (χ0v) is 28.5. The van der Waals surface area contributed by atoms with Crippen LogP contribution in [0.15, 0.2) is 192 Å². The molecule has 0 aliphatic rings. The van der Waals surface area contributed by atoms with Crippen LogP contribution >= 0.6 is 11.3 Å². The van der Waals surface area contributed by atoms with E-state index in [1.165, 1.54) is 42.4 Å². The summed E-state index contributed by atoms with van der Waals surface area (Å²) in [5, 5.41) is 4.73. The molecule has 0 aliphatic carbocycles. The first-order chi connectivity index (χ1) is 25.3. The van der Waals surface area contributed by atoms with Gasteiger partial charge in [0.15, 0.2) is 0 Å². The Morgan fingerprint density at radius 3 is 1.67 bits per heavy atom. The molecule has 2 heterocycles. The van der Waals surface area contributed by atoms with E-state index in [9.17, 15) is 0 Å². The summed E-state index contributed by atoms with van der Waals surface area (Å²) in [7, 11) is 0. The monoisotopic (exact) mass is 669 g/mol. The van der Waals surface area contributed by atoms with Gasteiger partial charge in [-0.1, -0.05) is 152 Å². The quantitative estimate of drug-likeness (QED) is 0.175. The zero-order valence-electron chi connectivity index (χ0n) is 27.7. The van der Waals surface area contributed by atoms with Crippen molar-refractivity contribution in [3.05, 3.63) is 188 Å². The van der Waals surface area contributed by atoms with Gasteiger partial charge in [0.1, 0.15) is 11.2 Å². The minimum atomic E-state index is 0.879. The summed E-state index contributed by atoms with van der Waals surface area (Å²) in [6, 6.07) is 67.2. The van der Waals surface area contributed by atoms with Crippen LogP contribution in [-0.2, 0) is 0 Å². The van der Waals surface area contributed by atoms with E-state index in [4.69, 9.17) is 4.42 Å². The number of para-hydroxylation sites is 1. The Bertz CT molecular complexity index is 2840. The summed E-state index contributed by atoms with van der Waals surface area (Å²) >= 11 is 1.87. The van der Waals surface area contributed by atoms with Crippen molar-refractivity contribution < 1.29 is 4.42 Å². The summed E-state index contributed by atoms with van der Waals surface area (Å²) in [5.41, 5.74) is 12.2. The minimum absolute atomic E-state index is 0.879. The number of hydrogen-bond donors (Lipinski definition) is 0. The molecule has 0 saturated carbocycles. The van der Waals surface area contributed by atoms with Crippen molar-refractivity contribution in [3.8, 4) is 33.4 Å². The smallest absolute Gasteiger partial charge is 0.145 e. The molecule has 8 aromatic carbocycles. The molecule has 3 heteroatoms.